The van der Waals surface area contributed by atoms with Crippen LogP contribution >= 0.6 is 0 Å². The van der Waals surface area contributed by atoms with E-state index in [4.69, 9.17) is 4.74 Å². The normalized spacial score (nSPS) is 12.0. The van der Waals surface area contributed by atoms with Gasteiger partial charge in [0.1, 0.15) is 17.9 Å². The zero-order valence-corrected chi connectivity index (χ0v) is 13.7. The van der Waals surface area contributed by atoms with E-state index in [2.05, 4.69) is 0 Å². The Bertz CT molecular complexity index is 690. The number of hydrogen-bond donors (Lipinski definition) is 2. The molecule has 0 aliphatic heterocycles. The molecule has 0 aliphatic rings. The van der Waals surface area contributed by atoms with Crippen molar-refractivity contribution in [1.29, 1.82) is 0 Å². The minimum Gasteiger partial charge on any atom is -0.490 e. The Morgan fingerprint density at radius 2 is 1.91 bits per heavy atom. The van der Waals surface area contributed by atoms with Crippen molar-refractivity contribution in [2.24, 2.45) is 0 Å². The van der Waals surface area contributed by atoms with Gasteiger partial charge in [-0.3, -0.25) is 0 Å². The fourth-order valence-corrected chi connectivity index (χ4v) is 2.75. The Morgan fingerprint density at radius 1 is 1.26 bits per heavy atom. The molecule has 23 heavy (non-hydrogen) atoms. The fourth-order valence-electron chi connectivity index (χ4n) is 2.75. The predicted octanol–water partition coefficient (Wildman–Crippen LogP) is 3.68. The fraction of sp³-hybridized carbons (Fsp3) is 0.316. The summed E-state index contributed by atoms with van der Waals surface area (Å²) < 4.78 is 5.57. The molecular weight excluding hydrogens is 292 g/mol. The number of carboxylic acids is 1. The third-order valence-electron chi connectivity index (χ3n) is 3.81. The number of benzene rings is 2. The molecule has 4 heteroatoms. The summed E-state index contributed by atoms with van der Waals surface area (Å²) in [6.45, 7) is 5.48. The Balaban J connectivity index is 2.65. The van der Waals surface area contributed by atoms with Crippen molar-refractivity contribution in [3.8, 4) is 16.9 Å². The number of aliphatic hydroxyl groups excluding tert-OH is 1. The van der Waals surface area contributed by atoms with Gasteiger partial charge in [-0.05, 0) is 48.6 Å². The van der Waals surface area contributed by atoms with Gasteiger partial charge in [-0.1, -0.05) is 37.3 Å². The molecule has 0 saturated carbocycles. The molecule has 2 rings (SSSR count). The van der Waals surface area contributed by atoms with Gasteiger partial charge in [0.25, 0.3) is 0 Å². The van der Waals surface area contributed by atoms with E-state index in [9.17, 15) is 15.0 Å². The highest BCUT2D eigenvalue weighted by atomic mass is 16.5. The first-order chi connectivity index (χ1) is 11.0. The van der Waals surface area contributed by atoms with Crippen molar-refractivity contribution in [2.45, 2.75) is 33.3 Å². The smallest absolute Gasteiger partial charge is 0.339 e. The second-order valence-electron chi connectivity index (χ2n) is 5.59. The summed E-state index contributed by atoms with van der Waals surface area (Å²) in [5.41, 5.74) is 3.87. The van der Waals surface area contributed by atoms with Crippen molar-refractivity contribution in [2.75, 3.05) is 6.61 Å². The van der Waals surface area contributed by atoms with Gasteiger partial charge in [-0.15, -0.1) is 0 Å². The summed E-state index contributed by atoms with van der Waals surface area (Å²) >= 11 is 0. The number of rotatable bonds is 6. The monoisotopic (exact) mass is 314 g/mol. The van der Waals surface area contributed by atoms with Crippen LogP contribution in [0.3, 0.4) is 0 Å². The van der Waals surface area contributed by atoms with Crippen molar-refractivity contribution in [1.82, 2.24) is 0 Å². The summed E-state index contributed by atoms with van der Waals surface area (Å²) in [5, 5.41) is 19.0. The largest absolute Gasteiger partial charge is 0.490 e. The average Bonchev–Trinajstić information content (AvgIpc) is 2.52. The van der Waals surface area contributed by atoms with E-state index in [1.807, 2.05) is 44.2 Å². The van der Waals surface area contributed by atoms with Gasteiger partial charge in [0.15, 0.2) is 0 Å². The van der Waals surface area contributed by atoms with Gasteiger partial charge in [-0.2, -0.15) is 0 Å². The molecule has 0 saturated heterocycles. The van der Waals surface area contributed by atoms with Crippen LogP contribution < -0.4 is 4.74 Å². The van der Waals surface area contributed by atoms with Crippen LogP contribution in [-0.2, 0) is 6.42 Å². The molecule has 2 aromatic rings. The highest BCUT2D eigenvalue weighted by molar-refractivity contribution is 5.95. The Labute approximate surface area is 136 Å². The first-order valence-corrected chi connectivity index (χ1v) is 7.71. The van der Waals surface area contributed by atoms with E-state index in [1.165, 1.54) is 0 Å². The molecule has 0 radical (unpaired) electrons. The quantitative estimate of drug-likeness (QED) is 0.853. The van der Waals surface area contributed by atoms with E-state index in [0.29, 0.717) is 11.3 Å². The van der Waals surface area contributed by atoms with Crippen LogP contribution in [0.1, 0.15) is 35.3 Å². The maximum absolute atomic E-state index is 11.7. The van der Waals surface area contributed by atoms with E-state index in [-0.39, 0.29) is 12.2 Å². The topological polar surface area (TPSA) is 66.8 Å². The zero-order chi connectivity index (χ0) is 17.0. The second kappa shape index (κ2) is 7.29. The molecule has 0 amide bonds. The molecule has 0 spiro atoms. The molecule has 2 aromatic carbocycles. The molecule has 0 heterocycles. The molecule has 1 unspecified atom stereocenters. The number of aromatic carboxylic acids is 1. The van der Waals surface area contributed by atoms with Crippen LogP contribution in [0.4, 0.5) is 0 Å². The highest BCUT2D eigenvalue weighted by Crippen LogP contribution is 2.35. The van der Waals surface area contributed by atoms with E-state index in [0.717, 1.165) is 23.1 Å². The first-order valence-electron chi connectivity index (χ1n) is 7.71. The molecule has 1 atom stereocenters. The molecule has 122 valence electrons. The lowest BCUT2D eigenvalue weighted by Crippen LogP contribution is -2.16. The SMILES string of the molecule is CCc1c(-c2ccccc2)cc(OCC(C)O)c(C(=O)O)c1C. The van der Waals surface area contributed by atoms with Crippen molar-refractivity contribution in [3.63, 3.8) is 0 Å². The lowest BCUT2D eigenvalue weighted by Gasteiger charge is -2.19. The standard InChI is InChI=1S/C19H22O4/c1-4-15-13(3)18(19(21)22)17(23-11-12(2)20)10-16(15)14-8-6-5-7-9-14/h5-10,12,20H,4,11H2,1-3H3,(H,21,22). The second-order valence-corrected chi connectivity index (χ2v) is 5.59. The summed E-state index contributed by atoms with van der Waals surface area (Å²) in [7, 11) is 0. The van der Waals surface area contributed by atoms with Gasteiger partial charge in [0.05, 0.1) is 6.10 Å². The van der Waals surface area contributed by atoms with Gasteiger partial charge in [-0.25, -0.2) is 4.79 Å². The molecular formula is C19H22O4. The van der Waals surface area contributed by atoms with Crippen LogP contribution in [0.2, 0.25) is 0 Å². The average molecular weight is 314 g/mol. The van der Waals surface area contributed by atoms with E-state index < -0.39 is 12.1 Å². The number of hydrogen-bond acceptors (Lipinski definition) is 3. The predicted molar refractivity (Wildman–Crippen MR) is 90.1 cm³/mol. The maximum atomic E-state index is 11.7. The summed E-state index contributed by atoms with van der Waals surface area (Å²) in [6.07, 6.45) is 0.0653. The molecule has 2 N–H and O–H groups in total. The molecule has 4 nitrogen and oxygen atoms in total. The van der Waals surface area contributed by atoms with Crippen LogP contribution in [0.25, 0.3) is 11.1 Å². The number of carbonyl (C=O) groups is 1. The third kappa shape index (κ3) is 3.71. The summed E-state index contributed by atoms with van der Waals surface area (Å²) in [6, 6.07) is 11.6. The van der Waals surface area contributed by atoms with Crippen LogP contribution in [-0.4, -0.2) is 28.9 Å². The maximum Gasteiger partial charge on any atom is 0.339 e. The zero-order valence-electron chi connectivity index (χ0n) is 13.7. The van der Waals surface area contributed by atoms with Crippen LogP contribution in [0.5, 0.6) is 5.75 Å². The van der Waals surface area contributed by atoms with Gasteiger partial charge < -0.3 is 14.9 Å². The number of aliphatic hydroxyl groups is 1. The molecule has 0 aliphatic carbocycles. The molecule has 0 fully saturated rings. The molecule has 0 aromatic heterocycles. The highest BCUT2D eigenvalue weighted by Gasteiger charge is 2.21. The lowest BCUT2D eigenvalue weighted by molar-refractivity contribution is 0.0684. The number of ether oxygens (including phenoxy) is 1. The van der Waals surface area contributed by atoms with Gasteiger partial charge in [0, 0.05) is 0 Å². The summed E-state index contributed by atoms with van der Waals surface area (Å²) in [5.74, 6) is -0.718. The Kier molecular flexibility index (Phi) is 5.40. The van der Waals surface area contributed by atoms with Crippen molar-refractivity contribution in [3.05, 3.63) is 53.1 Å². The third-order valence-corrected chi connectivity index (χ3v) is 3.81. The van der Waals surface area contributed by atoms with Crippen molar-refractivity contribution < 1.29 is 19.7 Å². The number of carboxylic acid groups (broad SMARTS) is 1. The minimum absolute atomic E-state index is 0.0550. The van der Waals surface area contributed by atoms with Gasteiger partial charge in [0.2, 0.25) is 0 Å². The van der Waals surface area contributed by atoms with E-state index >= 15 is 0 Å². The lowest BCUT2D eigenvalue weighted by atomic mass is 9.90. The molecule has 0 bridgehead atoms. The van der Waals surface area contributed by atoms with Gasteiger partial charge >= 0.3 is 5.97 Å². The summed E-state index contributed by atoms with van der Waals surface area (Å²) in [4.78, 5) is 11.7. The van der Waals surface area contributed by atoms with Crippen molar-refractivity contribution >= 4 is 5.97 Å². The minimum atomic E-state index is -1.02. The van der Waals surface area contributed by atoms with Crippen LogP contribution in [0, 0.1) is 6.92 Å². The Hall–Kier alpha value is -2.33. The van der Waals surface area contributed by atoms with E-state index in [1.54, 1.807) is 13.0 Å². The van der Waals surface area contributed by atoms with Crippen LogP contribution in [0.15, 0.2) is 36.4 Å². The first kappa shape index (κ1) is 17.0. The Morgan fingerprint density at radius 3 is 2.43 bits per heavy atom.